The van der Waals surface area contributed by atoms with Crippen LogP contribution in [0.25, 0.3) is 0 Å². The molecule has 4 heteroatoms. The molecular weight excluding hydrogens is 222 g/mol. The van der Waals surface area contributed by atoms with Gasteiger partial charge in [0, 0.05) is 12.5 Å². The molecule has 2 rings (SSSR count). The maximum atomic E-state index is 11.5. The Hall–Kier alpha value is -0.870. The number of nitrogens with one attached hydrogen (secondary N) is 1. The molecule has 1 fully saturated rings. The molecule has 1 heterocycles. The van der Waals surface area contributed by atoms with Crippen molar-refractivity contribution in [3.05, 3.63) is 22.4 Å². The first-order chi connectivity index (χ1) is 7.77. The number of aliphatic hydroxyl groups excluding tert-OH is 1. The van der Waals surface area contributed by atoms with E-state index in [1.165, 1.54) is 6.42 Å². The third-order valence-corrected chi connectivity index (χ3v) is 3.82. The fraction of sp³-hybridized carbons (Fsp3) is 0.583. The van der Waals surface area contributed by atoms with Crippen LogP contribution in [0.4, 0.5) is 0 Å². The molecule has 0 aromatic carbocycles. The molecular formula is C12H17NO2S. The second-order valence-corrected chi connectivity index (χ2v) is 5.06. The summed E-state index contributed by atoms with van der Waals surface area (Å²) in [5.74, 6) is 0.391. The highest BCUT2D eigenvalue weighted by molar-refractivity contribution is 7.07. The van der Waals surface area contributed by atoms with E-state index in [4.69, 9.17) is 0 Å². The van der Waals surface area contributed by atoms with Crippen LogP contribution in [-0.2, 0) is 4.79 Å². The average Bonchev–Trinajstić information content (AvgIpc) is 2.67. The zero-order valence-electron chi connectivity index (χ0n) is 9.19. The molecule has 1 saturated carbocycles. The van der Waals surface area contributed by atoms with Crippen molar-refractivity contribution in [1.29, 1.82) is 0 Å². The van der Waals surface area contributed by atoms with Crippen molar-refractivity contribution in [3.8, 4) is 0 Å². The van der Waals surface area contributed by atoms with Gasteiger partial charge in [0.15, 0.2) is 0 Å². The van der Waals surface area contributed by atoms with Gasteiger partial charge in [0.2, 0.25) is 5.91 Å². The van der Waals surface area contributed by atoms with E-state index < -0.39 is 6.10 Å². The number of hydrogen-bond acceptors (Lipinski definition) is 3. The Morgan fingerprint density at radius 2 is 2.44 bits per heavy atom. The van der Waals surface area contributed by atoms with Crippen LogP contribution in [0.2, 0.25) is 0 Å². The summed E-state index contributed by atoms with van der Waals surface area (Å²) in [5, 5.41) is 16.6. The molecule has 88 valence electrons. The summed E-state index contributed by atoms with van der Waals surface area (Å²) in [5.41, 5.74) is 0.947. The van der Waals surface area contributed by atoms with Crippen LogP contribution < -0.4 is 5.32 Å². The Morgan fingerprint density at radius 1 is 1.62 bits per heavy atom. The fourth-order valence-electron chi connectivity index (χ4n) is 1.78. The van der Waals surface area contributed by atoms with Gasteiger partial charge in [-0.25, -0.2) is 0 Å². The Labute approximate surface area is 99.5 Å². The zero-order valence-corrected chi connectivity index (χ0v) is 10.0. The van der Waals surface area contributed by atoms with Crippen LogP contribution in [0, 0.1) is 5.92 Å². The SMILES string of the molecule is O=C(NCC[C@H](O)c1ccsc1)C1CCC1. The average molecular weight is 239 g/mol. The second kappa shape index (κ2) is 5.46. The van der Waals surface area contributed by atoms with Crippen LogP contribution in [-0.4, -0.2) is 17.6 Å². The van der Waals surface area contributed by atoms with Gasteiger partial charge in [0.05, 0.1) is 6.10 Å². The number of thiophene rings is 1. The van der Waals surface area contributed by atoms with Gasteiger partial charge in [-0.3, -0.25) is 4.79 Å². The number of amides is 1. The van der Waals surface area contributed by atoms with E-state index in [1.54, 1.807) is 11.3 Å². The minimum atomic E-state index is -0.451. The molecule has 16 heavy (non-hydrogen) atoms. The van der Waals surface area contributed by atoms with Crippen LogP contribution >= 0.6 is 11.3 Å². The number of carbonyl (C=O) groups excluding carboxylic acids is 1. The predicted molar refractivity (Wildman–Crippen MR) is 64.2 cm³/mol. The molecule has 0 spiro atoms. The molecule has 3 nitrogen and oxygen atoms in total. The van der Waals surface area contributed by atoms with E-state index in [9.17, 15) is 9.90 Å². The van der Waals surface area contributed by atoms with E-state index in [1.807, 2.05) is 16.8 Å². The van der Waals surface area contributed by atoms with Crippen molar-refractivity contribution in [3.63, 3.8) is 0 Å². The van der Waals surface area contributed by atoms with Gasteiger partial charge in [0.25, 0.3) is 0 Å². The molecule has 1 amide bonds. The van der Waals surface area contributed by atoms with Gasteiger partial charge >= 0.3 is 0 Å². The van der Waals surface area contributed by atoms with E-state index in [2.05, 4.69) is 5.32 Å². The Morgan fingerprint density at radius 3 is 3.00 bits per heavy atom. The maximum absolute atomic E-state index is 11.5. The lowest BCUT2D eigenvalue weighted by Crippen LogP contribution is -2.35. The van der Waals surface area contributed by atoms with Crippen LogP contribution in [0.1, 0.15) is 37.4 Å². The molecule has 1 aromatic heterocycles. The summed E-state index contributed by atoms with van der Waals surface area (Å²) in [4.78, 5) is 11.5. The summed E-state index contributed by atoms with van der Waals surface area (Å²) < 4.78 is 0. The second-order valence-electron chi connectivity index (χ2n) is 4.28. The molecule has 1 aliphatic carbocycles. The molecule has 0 radical (unpaired) electrons. The Balaban J connectivity index is 1.65. The normalized spacial score (nSPS) is 17.8. The molecule has 2 N–H and O–H groups in total. The van der Waals surface area contributed by atoms with Gasteiger partial charge in [-0.15, -0.1) is 0 Å². The lowest BCUT2D eigenvalue weighted by molar-refractivity contribution is -0.127. The van der Waals surface area contributed by atoms with E-state index in [0.29, 0.717) is 13.0 Å². The lowest BCUT2D eigenvalue weighted by atomic mass is 9.85. The van der Waals surface area contributed by atoms with Crippen LogP contribution in [0.3, 0.4) is 0 Å². The number of hydrogen-bond donors (Lipinski definition) is 2. The monoisotopic (exact) mass is 239 g/mol. The van der Waals surface area contributed by atoms with Gasteiger partial charge in [-0.2, -0.15) is 11.3 Å². The third-order valence-electron chi connectivity index (χ3n) is 3.12. The predicted octanol–water partition coefficient (Wildman–Crippen LogP) is 2.09. The number of carbonyl (C=O) groups is 1. The van der Waals surface area contributed by atoms with Crippen LogP contribution in [0.5, 0.6) is 0 Å². The first-order valence-electron chi connectivity index (χ1n) is 5.75. The highest BCUT2D eigenvalue weighted by Crippen LogP contribution is 2.26. The van der Waals surface area contributed by atoms with Gasteiger partial charge in [-0.05, 0) is 41.7 Å². The van der Waals surface area contributed by atoms with Crippen molar-refractivity contribution in [2.24, 2.45) is 5.92 Å². The number of rotatable bonds is 5. The van der Waals surface area contributed by atoms with Crippen molar-refractivity contribution in [2.75, 3.05) is 6.54 Å². The molecule has 1 aliphatic rings. The summed E-state index contributed by atoms with van der Waals surface area (Å²) >= 11 is 1.58. The number of aliphatic hydroxyl groups is 1. The zero-order chi connectivity index (χ0) is 11.4. The van der Waals surface area contributed by atoms with Crippen molar-refractivity contribution < 1.29 is 9.90 Å². The van der Waals surface area contributed by atoms with Gasteiger partial charge < -0.3 is 10.4 Å². The molecule has 0 aliphatic heterocycles. The molecule has 0 bridgehead atoms. The highest BCUT2D eigenvalue weighted by atomic mass is 32.1. The fourth-order valence-corrected chi connectivity index (χ4v) is 2.49. The largest absolute Gasteiger partial charge is 0.388 e. The minimum absolute atomic E-state index is 0.156. The van der Waals surface area contributed by atoms with E-state index in [-0.39, 0.29) is 11.8 Å². The highest BCUT2D eigenvalue weighted by Gasteiger charge is 2.24. The first kappa shape index (κ1) is 11.6. The van der Waals surface area contributed by atoms with Gasteiger partial charge in [0.1, 0.15) is 0 Å². The topological polar surface area (TPSA) is 49.3 Å². The minimum Gasteiger partial charge on any atom is -0.388 e. The van der Waals surface area contributed by atoms with E-state index >= 15 is 0 Å². The van der Waals surface area contributed by atoms with Gasteiger partial charge in [-0.1, -0.05) is 6.42 Å². The molecule has 1 aromatic rings. The summed E-state index contributed by atoms with van der Waals surface area (Å²) in [6.07, 6.45) is 3.37. The first-order valence-corrected chi connectivity index (χ1v) is 6.69. The smallest absolute Gasteiger partial charge is 0.223 e. The Kier molecular flexibility index (Phi) is 3.96. The van der Waals surface area contributed by atoms with Crippen molar-refractivity contribution in [1.82, 2.24) is 5.32 Å². The molecule has 0 unspecified atom stereocenters. The van der Waals surface area contributed by atoms with E-state index in [0.717, 1.165) is 18.4 Å². The molecule has 1 atom stereocenters. The summed E-state index contributed by atoms with van der Waals surface area (Å²) in [6, 6.07) is 1.92. The molecule has 0 saturated heterocycles. The summed E-state index contributed by atoms with van der Waals surface area (Å²) in [7, 11) is 0. The lowest BCUT2D eigenvalue weighted by Gasteiger charge is -2.24. The van der Waals surface area contributed by atoms with Crippen molar-refractivity contribution in [2.45, 2.75) is 31.8 Å². The Bertz CT molecular complexity index is 333. The summed E-state index contributed by atoms with van der Waals surface area (Å²) in [6.45, 7) is 0.562. The van der Waals surface area contributed by atoms with Crippen molar-refractivity contribution >= 4 is 17.2 Å². The quantitative estimate of drug-likeness (QED) is 0.826. The van der Waals surface area contributed by atoms with Crippen LogP contribution in [0.15, 0.2) is 16.8 Å². The maximum Gasteiger partial charge on any atom is 0.223 e. The third kappa shape index (κ3) is 2.83. The standard InChI is InChI=1S/C12H17NO2S/c14-11(10-5-7-16-8-10)4-6-13-12(15)9-2-1-3-9/h5,7-9,11,14H,1-4,6H2,(H,13,15)/t11-/m0/s1.